The van der Waals surface area contributed by atoms with E-state index in [2.05, 4.69) is 49.1 Å². The van der Waals surface area contributed by atoms with Crippen LogP contribution >= 0.6 is 11.8 Å². The summed E-state index contributed by atoms with van der Waals surface area (Å²) in [6.45, 7) is 5.36. The van der Waals surface area contributed by atoms with Gasteiger partial charge in [-0.25, -0.2) is 0 Å². The molecule has 15 heavy (non-hydrogen) atoms. The summed E-state index contributed by atoms with van der Waals surface area (Å²) in [5.41, 5.74) is 4.16. The van der Waals surface area contributed by atoms with E-state index in [1.54, 1.807) is 0 Å². The molecule has 1 heterocycles. The molecule has 1 aromatic rings. The minimum atomic E-state index is 0.732. The molecule has 1 saturated heterocycles. The highest BCUT2D eigenvalue weighted by Gasteiger charge is 2.14. The molecule has 1 atom stereocenters. The second kappa shape index (κ2) is 5.04. The van der Waals surface area contributed by atoms with E-state index in [0.717, 1.165) is 12.6 Å². The number of thioether (sulfide) groups is 1. The van der Waals surface area contributed by atoms with Gasteiger partial charge in [-0.1, -0.05) is 29.3 Å². The van der Waals surface area contributed by atoms with E-state index in [9.17, 15) is 0 Å². The van der Waals surface area contributed by atoms with Crippen molar-refractivity contribution >= 4 is 11.8 Å². The standard InChI is InChI=1S/C13H19NS/c1-10-5-11(2)7-12(6-10)8-14-13-3-4-15-9-13/h5-7,13-14H,3-4,8-9H2,1-2H3. The second-order valence-electron chi connectivity index (χ2n) is 4.44. The predicted molar refractivity (Wildman–Crippen MR) is 68.5 cm³/mol. The topological polar surface area (TPSA) is 12.0 Å². The molecule has 1 N–H and O–H groups in total. The Bertz CT molecular complexity index is 309. The lowest BCUT2D eigenvalue weighted by Crippen LogP contribution is -2.27. The van der Waals surface area contributed by atoms with E-state index in [-0.39, 0.29) is 0 Å². The first-order valence-electron chi connectivity index (χ1n) is 5.62. The van der Waals surface area contributed by atoms with Gasteiger partial charge in [-0.2, -0.15) is 11.8 Å². The molecule has 0 aromatic heterocycles. The Morgan fingerprint density at radius 2 is 2.00 bits per heavy atom. The van der Waals surface area contributed by atoms with Crippen LogP contribution in [0.5, 0.6) is 0 Å². The Labute approximate surface area is 96.7 Å². The summed E-state index contributed by atoms with van der Waals surface area (Å²) in [7, 11) is 0. The maximum absolute atomic E-state index is 3.63. The summed E-state index contributed by atoms with van der Waals surface area (Å²) in [5, 5.41) is 3.63. The van der Waals surface area contributed by atoms with Crippen LogP contribution < -0.4 is 5.32 Å². The lowest BCUT2D eigenvalue weighted by atomic mass is 10.1. The van der Waals surface area contributed by atoms with Gasteiger partial charge in [0.15, 0.2) is 0 Å². The van der Waals surface area contributed by atoms with Crippen LogP contribution in [-0.4, -0.2) is 17.5 Å². The van der Waals surface area contributed by atoms with E-state index >= 15 is 0 Å². The molecule has 1 aliphatic heterocycles. The molecule has 0 saturated carbocycles. The van der Waals surface area contributed by atoms with Crippen LogP contribution in [0.3, 0.4) is 0 Å². The fraction of sp³-hybridized carbons (Fsp3) is 0.538. The average Bonchev–Trinajstić information content (AvgIpc) is 2.65. The summed E-state index contributed by atoms with van der Waals surface area (Å²) in [6, 6.07) is 7.52. The first-order valence-corrected chi connectivity index (χ1v) is 6.78. The van der Waals surface area contributed by atoms with Gasteiger partial charge in [0.25, 0.3) is 0 Å². The van der Waals surface area contributed by atoms with E-state index < -0.39 is 0 Å². The summed E-state index contributed by atoms with van der Waals surface area (Å²) in [4.78, 5) is 0. The lowest BCUT2D eigenvalue weighted by Gasteiger charge is -2.12. The lowest BCUT2D eigenvalue weighted by molar-refractivity contribution is 0.557. The quantitative estimate of drug-likeness (QED) is 0.842. The van der Waals surface area contributed by atoms with Crippen LogP contribution in [0.4, 0.5) is 0 Å². The third kappa shape index (κ3) is 3.25. The largest absolute Gasteiger partial charge is 0.309 e. The van der Waals surface area contributed by atoms with Crippen molar-refractivity contribution in [3.63, 3.8) is 0 Å². The average molecular weight is 221 g/mol. The zero-order valence-corrected chi connectivity index (χ0v) is 10.4. The number of hydrogen-bond donors (Lipinski definition) is 1. The van der Waals surface area contributed by atoms with Crippen molar-refractivity contribution < 1.29 is 0 Å². The predicted octanol–water partition coefficient (Wildman–Crippen LogP) is 2.90. The highest BCUT2D eigenvalue weighted by atomic mass is 32.2. The SMILES string of the molecule is Cc1cc(C)cc(CNC2CCSC2)c1. The highest BCUT2D eigenvalue weighted by molar-refractivity contribution is 7.99. The van der Waals surface area contributed by atoms with Crippen molar-refractivity contribution in [1.82, 2.24) is 5.32 Å². The highest BCUT2D eigenvalue weighted by Crippen LogP contribution is 2.17. The van der Waals surface area contributed by atoms with Crippen molar-refractivity contribution in [3.8, 4) is 0 Å². The molecule has 0 amide bonds. The van der Waals surface area contributed by atoms with E-state index in [0.29, 0.717) is 0 Å². The molecular formula is C13H19NS. The van der Waals surface area contributed by atoms with Gasteiger partial charge in [0.05, 0.1) is 0 Å². The van der Waals surface area contributed by atoms with Crippen LogP contribution in [0.25, 0.3) is 0 Å². The number of benzene rings is 1. The minimum Gasteiger partial charge on any atom is -0.309 e. The van der Waals surface area contributed by atoms with Gasteiger partial charge in [0.1, 0.15) is 0 Å². The Hall–Kier alpha value is -0.470. The molecule has 0 aliphatic carbocycles. The van der Waals surface area contributed by atoms with Crippen molar-refractivity contribution in [2.24, 2.45) is 0 Å². The monoisotopic (exact) mass is 221 g/mol. The molecule has 1 unspecified atom stereocenters. The second-order valence-corrected chi connectivity index (χ2v) is 5.59. The van der Waals surface area contributed by atoms with Crippen molar-refractivity contribution in [2.75, 3.05) is 11.5 Å². The summed E-state index contributed by atoms with van der Waals surface area (Å²) in [5.74, 6) is 2.61. The number of nitrogens with one attached hydrogen (secondary N) is 1. The molecule has 1 aromatic carbocycles. The summed E-state index contributed by atoms with van der Waals surface area (Å²) in [6.07, 6.45) is 1.33. The molecule has 1 fully saturated rings. The zero-order chi connectivity index (χ0) is 10.7. The van der Waals surface area contributed by atoms with Gasteiger partial charge < -0.3 is 5.32 Å². The Morgan fingerprint density at radius 1 is 1.27 bits per heavy atom. The smallest absolute Gasteiger partial charge is 0.0208 e. The van der Waals surface area contributed by atoms with Crippen LogP contribution in [0.1, 0.15) is 23.1 Å². The van der Waals surface area contributed by atoms with Gasteiger partial charge in [0.2, 0.25) is 0 Å². The van der Waals surface area contributed by atoms with Crippen molar-refractivity contribution in [3.05, 3.63) is 34.9 Å². The van der Waals surface area contributed by atoms with Crippen LogP contribution in [0, 0.1) is 13.8 Å². The normalized spacial score (nSPS) is 20.8. The third-order valence-electron chi connectivity index (χ3n) is 2.81. The molecule has 2 rings (SSSR count). The number of rotatable bonds is 3. The van der Waals surface area contributed by atoms with Gasteiger partial charge >= 0.3 is 0 Å². The van der Waals surface area contributed by atoms with Crippen molar-refractivity contribution in [2.45, 2.75) is 32.9 Å². The van der Waals surface area contributed by atoms with Crippen LogP contribution in [0.15, 0.2) is 18.2 Å². The molecule has 1 nitrogen and oxygen atoms in total. The molecule has 0 spiro atoms. The van der Waals surface area contributed by atoms with Crippen LogP contribution in [-0.2, 0) is 6.54 Å². The van der Waals surface area contributed by atoms with E-state index in [1.807, 2.05) is 0 Å². The molecule has 2 heteroatoms. The Morgan fingerprint density at radius 3 is 2.60 bits per heavy atom. The maximum Gasteiger partial charge on any atom is 0.0208 e. The van der Waals surface area contributed by atoms with Crippen LogP contribution in [0.2, 0.25) is 0 Å². The van der Waals surface area contributed by atoms with Crippen molar-refractivity contribution in [1.29, 1.82) is 0 Å². The molecule has 1 aliphatic rings. The third-order valence-corrected chi connectivity index (χ3v) is 3.97. The first kappa shape index (κ1) is 11.0. The van der Waals surface area contributed by atoms with E-state index in [4.69, 9.17) is 0 Å². The molecule has 82 valence electrons. The van der Waals surface area contributed by atoms with Gasteiger partial charge in [-0.05, 0) is 31.6 Å². The Kier molecular flexibility index (Phi) is 3.71. The Balaban J connectivity index is 1.92. The minimum absolute atomic E-state index is 0.732. The van der Waals surface area contributed by atoms with Gasteiger partial charge in [-0.3, -0.25) is 0 Å². The first-order chi connectivity index (χ1) is 7.24. The maximum atomic E-state index is 3.63. The fourth-order valence-electron chi connectivity index (χ4n) is 2.13. The summed E-state index contributed by atoms with van der Waals surface area (Å²) >= 11 is 2.06. The summed E-state index contributed by atoms with van der Waals surface area (Å²) < 4.78 is 0. The van der Waals surface area contributed by atoms with Gasteiger partial charge in [-0.15, -0.1) is 0 Å². The number of hydrogen-bond acceptors (Lipinski definition) is 2. The zero-order valence-electron chi connectivity index (χ0n) is 9.55. The number of aryl methyl sites for hydroxylation is 2. The molecule has 0 radical (unpaired) electrons. The van der Waals surface area contributed by atoms with E-state index in [1.165, 1.54) is 34.6 Å². The van der Waals surface area contributed by atoms with Gasteiger partial charge in [0, 0.05) is 18.3 Å². The molecule has 0 bridgehead atoms. The molecular weight excluding hydrogens is 202 g/mol. The fourth-order valence-corrected chi connectivity index (χ4v) is 3.32.